The molecular formula is C27H24N2O6. The number of rotatable bonds is 6. The highest BCUT2D eigenvalue weighted by Gasteiger charge is 2.36. The minimum atomic E-state index is -1.16. The second-order valence-electron chi connectivity index (χ2n) is 8.86. The van der Waals surface area contributed by atoms with E-state index in [1.54, 1.807) is 0 Å². The molecule has 4 N–H and O–H groups in total. The lowest BCUT2D eigenvalue weighted by Crippen LogP contribution is -2.48. The third kappa shape index (κ3) is 4.42. The first-order valence-electron chi connectivity index (χ1n) is 11.4. The van der Waals surface area contributed by atoms with E-state index in [0.29, 0.717) is 12.8 Å². The molecule has 178 valence electrons. The van der Waals surface area contributed by atoms with Crippen LogP contribution in [0.2, 0.25) is 0 Å². The maximum absolute atomic E-state index is 12.5. The van der Waals surface area contributed by atoms with Crippen molar-refractivity contribution in [2.24, 2.45) is 5.92 Å². The van der Waals surface area contributed by atoms with E-state index in [2.05, 4.69) is 34.9 Å². The van der Waals surface area contributed by atoms with Crippen LogP contribution in [0, 0.1) is 5.92 Å². The summed E-state index contributed by atoms with van der Waals surface area (Å²) in [5.41, 5.74) is 4.59. The number of fused-ring (bicyclic) bond motifs is 3. The van der Waals surface area contributed by atoms with E-state index in [9.17, 15) is 19.5 Å². The molecule has 0 unspecified atom stereocenters. The Morgan fingerprint density at radius 3 is 2.17 bits per heavy atom. The normalized spacial score (nSPS) is 18.1. The van der Waals surface area contributed by atoms with Crippen molar-refractivity contribution in [1.82, 2.24) is 5.32 Å². The van der Waals surface area contributed by atoms with Crippen molar-refractivity contribution in [2.45, 2.75) is 24.8 Å². The minimum absolute atomic E-state index is 0.0256. The summed E-state index contributed by atoms with van der Waals surface area (Å²) in [6.45, 7) is 0.218. The maximum Gasteiger partial charge on any atom is 0.407 e. The molecule has 2 amide bonds. The lowest BCUT2D eigenvalue weighted by molar-refractivity contribution is -0.122. The monoisotopic (exact) mass is 472 g/mol. The maximum atomic E-state index is 12.5. The van der Waals surface area contributed by atoms with Crippen molar-refractivity contribution < 1.29 is 29.3 Å². The number of ether oxygens (including phenoxy) is 1. The number of alkyl carbamates (subject to hydrolysis) is 1. The molecule has 3 aromatic carbocycles. The summed E-state index contributed by atoms with van der Waals surface area (Å²) in [6, 6.07) is 19.7. The number of aromatic hydroxyl groups is 1. The van der Waals surface area contributed by atoms with Crippen molar-refractivity contribution in [3.8, 4) is 16.9 Å². The molecule has 5 rings (SSSR count). The van der Waals surface area contributed by atoms with Crippen molar-refractivity contribution in [3.63, 3.8) is 0 Å². The van der Waals surface area contributed by atoms with Crippen molar-refractivity contribution in [1.29, 1.82) is 0 Å². The molecule has 0 bridgehead atoms. The highest BCUT2D eigenvalue weighted by molar-refractivity contribution is 5.97. The van der Waals surface area contributed by atoms with Crippen LogP contribution in [0.3, 0.4) is 0 Å². The Bertz CT molecular complexity index is 1270. The number of nitrogens with one attached hydrogen (secondary N) is 2. The van der Waals surface area contributed by atoms with Gasteiger partial charge in [-0.05, 0) is 53.3 Å². The van der Waals surface area contributed by atoms with E-state index in [1.807, 2.05) is 24.3 Å². The first kappa shape index (κ1) is 22.5. The number of hydrogen-bond acceptors (Lipinski definition) is 5. The topological polar surface area (TPSA) is 125 Å². The quantitative estimate of drug-likeness (QED) is 0.396. The van der Waals surface area contributed by atoms with E-state index in [4.69, 9.17) is 9.84 Å². The number of carboxylic acids is 1. The molecule has 0 saturated heterocycles. The van der Waals surface area contributed by atoms with Gasteiger partial charge in [0, 0.05) is 17.9 Å². The van der Waals surface area contributed by atoms with Crippen LogP contribution in [0.1, 0.15) is 40.2 Å². The fourth-order valence-electron chi connectivity index (χ4n) is 4.76. The Hall–Kier alpha value is -4.33. The van der Waals surface area contributed by atoms with E-state index in [0.717, 1.165) is 22.3 Å². The van der Waals surface area contributed by atoms with Crippen LogP contribution >= 0.6 is 0 Å². The lowest BCUT2D eigenvalue weighted by atomic mass is 9.79. The Morgan fingerprint density at radius 1 is 0.914 bits per heavy atom. The van der Waals surface area contributed by atoms with Gasteiger partial charge in [-0.3, -0.25) is 4.79 Å². The molecule has 1 fully saturated rings. The molecule has 3 aromatic rings. The zero-order valence-electron chi connectivity index (χ0n) is 18.7. The molecule has 2 aliphatic carbocycles. The molecule has 0 spiro atoms. The van der Waals surface area contributed by atoms with E-state index in [1.165, 1.54) is 18.2 Å². The first-order chi connectivity index (χ1) is 16.9. The Kier molecular flexibility index (Phi) is 5.86. The average molecular weight is 472 g/mol. The Morgan fingerprint density at radius 2 is 1.54 bits per heavy atom. The number of carboxylic acid groups (broad SMARTS) is 1. The molecule has 0 heterocycles. The SMILES string of the molecule is O=C(NC1CC(C(=O)Nc2cc(C(=O)O)ccc2O)C1)OCC1c2ccccc2-c2ccccc21. The van der Waals surface area contributed by atoms with Crippen LogP contribution in [0.5, 0.6) is 5.75 Å². The second kappa shape index (κ2) is 9.13. The van der Waals surface area contributed by atoms with Crippen LogP contribution in [0.4, 0.5) is 10.5 Å². The first-order valence-corrected chi connectivity index (χ1v) is 11.4. The molecule has 0 radical (unpaired) electrons. The largest absolute Gasteiger partial charge is 0.506 e. The van der Waals surface area contributed by atoms with Crippen LogP contribution in [-0.4, -0.2) is 40.8 Å². The van der Waals surface area contributed by atoms with Crippen molar-refractivity contribution in [3.05, 3.63) is 83.4 Å². The van der Waals surface area contributed by atoms with Gasteiger partial charge >= 0.3 is 12.1 Å². The van der Waals surface area contributed by atoms with Gasteiger partial charge in [0.15, 0.2) is 0 Å². The molecule has 0 aliphatic heterocycles. The number of amides is 2. The molecule has 2 aliphatic rings. The van der Waals surface area contributed by atoms with Gasteiger partial charge in [-0.25, -0.2) is 9.59 Å². The van der Waals surface area contributed by atoms with Gasteiger partial charge < -0.3 is 25.6 Å². The molecule has 1 saturated carbocycles. The summed E-state index contributed by atoms with van der Waals surface area (Å²) < 4.78 is 5.55. The number of benzene rings is 3. The molecule has 8 nitrogen and oxygen atoms in total. The fraction of sp³-hybridized carbons (Fsp3) is 0.222. The average Bonchev–Trinajstić information content (AvgIpc) is 3.14. The van der Waals surface area contributed by atoms with Crippen LogP contribution in [0.15, 0.2) is 66.7 Å². The highest BCUT2D eigenvalue weighted by Crippen LogP contribution is 2.44. The number of carbonyl (C=O) groups excluding carboxylic acids is 2. The van der Waals surface area contributed by atoms with E-state index in [-0.39, 0.29) is 47.4 Å². The molecule has 35 heavy (non-hydrogen) atoms. The second-order valence-corrected chi connectivity index (χ2v) is 8.86. The predicted octanol–water partition coefficient (Wildman–Crippen LogP) is 4.35. The molecular weight excluding hydrogens is 448 g/mol. The smallest absolute Gasteiger partial charge is 0.407 e. The van der Waals surface area contributed by atoms with Gasteiger partial charge in [-0.2, -0.15) is 0 Å². The summed E-state index contributed by atoms with van der Waals surface area (Å²) in [5.74, 6) is -2.09. The number of carbonyl (C=O) groups is 3. The molecule has 0 atom stereocenters. The summed E-state index contributed by atoms with van der Waals surface area (Å²) >= 11 is 0. The fourth-order valence-corrected chi connectivity index (χ4v) is 4.76. The Labute approximate surface area is 201 Å². The zero-order chi connectivity index (χ0) is 24.5. The zero-order valence-corrected chi connectivity index (χ0v) is 18.7. The van der Waals surface area contributed by atoms with Gasteiger partial charge in [-0.15, -0.1) is 0 Å². The summed E-state index contributed by atoms with van der Waals surface area (Å²) in [7, 11) is 0. The predicted molar refractivity (Wildman–Crippen MR) is 128 cm³/mol. The van der Waals surface area contributed by atoms with Crippen molar-refractivity contribution >= 4 is 23.7 Å². The van der Waals surface area contributed by atoms with Gasteiger partial charge in [0.25, 0.3) is 0 Å². The highest BCUT2D eigenvalue weighted by atomic mass is 16.5. The Balaban J connectivity index is 1.12. The number of aromatic carboxylic acids is 1. The van der Waals surface area contributed by atoms with Crippen LogP contribution < -0.4 is 10.6 Å². The number of phenols is 1. The standard InChI is InChI=1S/C27H24N2O6/c30-24-10-9-15(26(32)33)13-23(24)29-25(31)16-11-17(12-16)28-27(34)35-14-22-20-7-3-1-5-18(20)19-6-2-4-8-21(19)22/h1-10,13,16-17,22,30H,11-12,14H2,(H,28,34)(H,29,31)(H,32,33). The van der Waals surface area contributed by atoms with E-state index < -0.39 is 12.1 Å². The van der Waals surface area contributed by atoms with Gasteiger partial charge in [-0.1, -0.05) is 48.5 Å². The van der Waals surface area contributed by atoms with Gasteiger partial charge in [0.05, 0.1) is 11.3 Å². The molecule has 8 heteroatoms. The van der Waals surface area contributed by atoms with Crippen LogP contribution in [-0.2, 0) is 9.53 Å². The molecule has 0 aromatic heterocycles. The van der Waals surface area contributed by atoms with Gasteiger partial charge in [0.1, 0.15) is 12.4 Å². The van der Waals surface area contributed by atoms with Crippen molar-refractivity contribution in [2.75, 3.05) is 11.9 Å². The summed E-state index contributed by atoms with van der Waals surface area (Å²) in [6.07, 6.45) is 0.327. The minimum Gasteiger partial charge on any atom is -0.506 e. The van der Waals surface area contributed by atoms with E-state index >= 15 is 0 Å². The number of hydrogen-bond donors (Lipinski definition) is 4. The third-order valence-corrected chi connectivity index (χ3v) is 6.68. The number of phenolic OH excluding ortho intramolecular Hbond substituents is 1. The van der Waals surface area contributed by atoms with Gasteiger partial charge in [0.2, 0.25) is 5.91 Å². The summed E-state index contributed by atoms with van der Waals surface area (Å²) in [4.78, 5) is 36.0. The third-order valence-electron chi connectivity index (χ3n) is 6.68. The van der Waals surface area contributed by atoms with Crippen LogP contribution in [0.25, 0.3) is 11.1 Å². The number of anilines is 1. The summed E-state index contributed by atoms with van der Waals surface area (Å²) in [5, 5.41) is 24.4. The lowest BCUT2D eigenvalue weighted by Gasteiger charge is -2.34.